The average Bonchev–Trinajstić information content (AvgIpc) is 2.57. The lowest BCUT2D eigenvalue weighted by atomic mass is 10.0. The quantitative estimate of drug-likeness (QED) is 0.438. The second-order valence-electron chi connectivity index (χ2n) is 3.75. The lowest BCUT2D eigenvalue weighted by Gasteiger charge is -2.14. The van der Waals surface area contributed by atoms with Gasteiger partial charge in [0.1, 0.15) is 6.10 Å². The molecule has 0 spiro atoms. The van der Waals surface area contributed by atoms with Crippen molar-refractivity contribution in [3.05, 3.63) is 35.4 Å². The van der Waals surface area contributed by atoms with Crippen LogP contribution in [0.2, 0.25) is 0 Å². The van der Waals surface area contributed by atoms with E-state index in [1.165, 1.54) is 12.1 Å². The standard InChI is InChI=1S/C11H8F3IO2/c12-11(13,14)7-3-1-6(2-4-7)10-8(15)5-9(16)17-10/h1-4,8,10H,5H2/t8-,10+/m1/s1. The van der Waals surface area contributed by atoms with Crippen LogP contribution in [-0.4, -0.2) is 9.89 Å². The fourth-order valence-electron chi connectivity index (χ4n) is 1.67. The van der Waals surface area contributed by atoms with E-state index in [-0.39, 0.29) is 9.89 Å². The smallest absolute Gasteiger partial charge is 0.416 e. The van der Waals surface area contributed by atoms with Crippen LogP contribution in [0.1, 0.15) is 23.7 Å². The maximum atomic E-state index is 12.3. The molecule has 0 aromatic heterocycles. The molecule has 0 N–H and O–H groups in total. The number of cyclic esters (lactones) is 1. The third-order valence-electron chi connectivity index (χ3n) is 2.52. The Morgan fingerprint density at radius 3 is 2.24 bits per heavy atom. The van der Waals surface area contributed by atoms with Crippen molar-refractivity contribution in [1.29, 1.82) is 0 Å². The zero-order valence-electron chi connectivity index (χ0n) is 8.50. The maximum Gasteiger partial charge on any atom is 0.416 e. The Labute approximate surface area is 109 Å². The number of hydrogen-bond donors (Lipinski definition) is 0. The van der Waals surface area contributed by atoms with E-state index < -0.39 is 17.8 Å². The van der Waals surface area contributed by atoms with Crippen LogP contribution >= 0.6 is 22.6 Å². The number of hydrogen-bond acceptors (Lipinski definition) is 2. The van der Waals surface area contributed by atoms with Gasteiger partial charge in [-0.2, -0.15) is 13.2 Å². The molecule has 0 amide bonds. The molecular weight excluding hydrogens is 348 g/mol. The van der Waals surface area contributed by atoms with Gasteiger partial charge in [-0.15, -0.1) is 0 Å². The summed E-state index contributed by atoms with van der Waals surface area (Å²) in [5, 5.41) is 0. The zero-order valence-corrected chi connectivity index (χ0v) is 10.7. The van der Waals surface area contributed by atoms with Crippen molar-refractivity contribution in [3.8, 4) is 0 Å². The van der Waals surface area contributed by atoms with Crippen LogP contribution < -0.4 is 0 Å². The minimum Gasteiger partial charge on any atom is -0.456 e. The predicted molar refractivity (Wildman–Crippen MR) is 62.7 cm³/mol. The minimum absolute atomic E-state index is 0.0307. The molecule has 1 saturated heterocycles. The molecule has 2 rings (SSSR count). The van der Waals surface area contributed by atoms with E-state index in [2.05, 4.69) is 22.6 Å². The fourth-order valence-corrected chi connectivity index (χ4v) is 2.59. The number of halogens is 4. The molecule has 6 heteroatoms. The molecule has 1 fully saturated rings. The van der Waals surface area contributed by atoms with Crippen LogP contribution in [-0.2, 0) is 15.7 Å². The van der Waals surface area contributed by atoms with Gasteiger partial charge in [0.15, 0.2) is 0 Å². The second-order valence-corrected chi connectivity index (χ2v) is 5.35. The van der Waals surface area contributed by atoms with E-state index in [0.717, 1.165) is 12.1 Å². The van der Waals surface area contributed by atoms with Gasteiger partial charge in [0.25, 0.3) is 0 Å². The summed E-state index contributed by atoms with van der Waals surface area (Å²) < 4.78 is 42.1. The first-order valence-electron chi connectivity index (χ1n) is 4.88. The Morgan fingerprint density at radius 1 is 1.24 bits per heavy atom. The van der Waals surface area contributed by atoms with Crippen LogP contribution in [0, 0.1) is 0 Å². The predicted octanol–water partition coefficient (Wildman–Crippen LogP) is 3.50. The van der Waals surface area contributed by atoms with Gasteiger partial charge in [-0.1, -0.05) is 34.7 Å². The molecular formula is C11H8F3IO2. The number of esters is 1. The molecule has 0 aliphatic carbocycles. The van der Waals surface area contributed by atoms with Crippen molar-refractivity contribution in [1.82, 2.24) is 0 Å². The number of ether oxygens (including phenoxy) is 1. The first-order valence-corrected chi connectivity index (χ1v) is 6.13. The van der Waals surface area contributed by atoms with E-state index >= 15 is 0 Å². The summed E-state index contributed by atoms with van der Waals surface area (Å²) in [6.07, 6.45) is -4.48. The average molecular weight is 356 g/mol. The maximum absolute atomic E-state index is 12.3. The van der Waals surface area contributed by atoms with E-state index in [4.69, 9.17) is 4.74 Å². The molecule has 2 nitrogen and oxygen atoms in total. The second kappa shape index (κ2) is 4.47. The Hall–Kier alpha value is -0.790. The number of benzene rings is 1. The van der Waals surface area contributed by atoms with Gasteiger partial charge in [0.2, 0.25) is 0 Å². The summed E-state index contributed by atoms with van der Waals surface area (Å²) in [4.78, 5) is 11.1. The topological polar surface area (TPSA) is 26.3 Å². The van der Waals surface area contributed by atoms with E-state index in [0.29, 0.717) is 12.0 Å². The van der Waals surface area contributed by atoms with Crippen molar-refractivity contribution in [2.75, 3.05) is 0 Å². The third-order valence-corrected chi connectivity index (χ3v) is 3.61. The largest absolute Gasteiger partial charge is 0.456 e. The molecule has 0 bridgehead atoms. The molecule has 1 aliphatic heterocycles. The molecule has 17 heavy (non-hydrogen) atoms. The van der Waals surface area contributed by atoms with Crippen LogP contribution in [0.15, 0.2) is 24.3 Å². The minimum atomic E-state index is -4.34. The summed E-state index contributed by atoms with van der Waals surface area (Å²) >= 11 is 2.07. The highest BCUT2D eigenvalue weighted by molar-refractivity contribution is 14.1. The Morgan fingerprint density at radius 2 is 1.82 bits per heavy atom. The number of rotatable bonds is 1. The highest BCUT2D eigenvalue weighted by Gasteiger charge is 2.35. The SMILES string of the molecule is O=C1C[C@@H](I)[C@H](c2ccc(C(F)(F)F)cc2)O1. The number of carbonyl (C=O) groups is 1. The van der Waals surface area contributed by atoms with Crippen LogP contribution in [0.3, 0.4) is 0 Å². The molecule has 92 valence electrons. The molecule has 1 aromatic carbocycles. The van der Waals surface area contributed by atoms with Gasteiger partial charge in [0.05, 0.1) is 15.9 Å². The van der Waals surface area contributed by atoms with Crippen molar-refractivity contribution in [3.63, 3.8) is 0 Å². The van der Waals surface area contributed by atoms with Crippen molar-refractivity contribution in [2.24, 2.45) is 0 Å². The van der Waals surface area contributed by atoms with E-state index in [9.17, 15) is 18.0 Å². The Bertz CT molecular complexity index is 427. The monoisotopic (exact) mass is 356 g/mol. The van der Waals surface area contributed by atoms with Crippen LogP contribution in [0.4, 0.5) is 13.2 Å². The Kier molecular flexibility index (Phi) is 3.33. The number of alkyl halides is 4. The Balaban J connectivity index is 2.21. The van der Waals surface area contributed by atoms with Gasteiger partial charge >= 0.3 is 12.1 Å². The van der Waals surface area contributed by atoms with E-state index in [1.807, 2.05) is 0 Å². The molecule has 1 heterocycles. The first-order chi connectivity index (χ1) is 7.88. The first kappa shape index (κ1) is 12.7. The van der Waals surface area contributed by atoms with Crippen molar-refractivity contribution >= 4 is 28.6 Å². The molecule has 0 unspecified atom stereocenters. The molecule has 0 radical (unpaired) electrons. The third kappa shape index (κ3) is 2.72. The van der Waals surface area contributed by atoms with Gasteiger partial charge < -0.3 is 4.74 Å². The van der Waals surface area contributed by atoms with Gasteiger partial charge in [-0.05, 0) is 17.7 Å². The molecule has 1 aliphatic rings. The summed E-state index contributed by atoms with van der Waals surface area (Å²) in [5.74, 6) is -0.311. The fraction of sp³-hybridized carbons (Fsp3) is 0.364. The van der Waals surface area contributed by atoms with Gasteiger partial charge in [-0.3, -0.25) is 4.79 Å². The number of carbonyl (C=O) groups excluding carboxylic acids is 1. The zero-order chi connectivity index (χ0) is 12.6. The molecule has 0 saturated carbocycles. The van der Waals surface area contributed by atoms with E-state index in [1.54, 1.807) is 0 Å². The van der Waals surface area contributed by atoms with Gasteiger partial charge in [-0.25, -0.2) is 0 Å². The summed E-state index contributed by atoms with van der Waals surface area (Å²) in [5.41, 5.74) is -0.0983. The van der Waals surface area contributed by atoms with Crippen LogP contribution in [0.25, 0.3) is 0 Å². The van der Waals surface area contributed by atoms with Crippen molar-refractivity contribution < 1.29 is 22.7 Å². The summed E-state index contributed by atoms with van der Waals surface area (Å²) in [6.45, 7) is 0. The molecule has 1 aromatic rings. The molecule has 2 atom stereocenters. The van der Waals surface area contributed by atoms with Crippen molar-refractivity contribution in [2.45, 2.75) is 22.6 Å². The lowest BCUT2D eigenvalue weighted by molar-refractivity contribution is -0.142. The highest BCUT2D eigenvalue weighted by Crippen LogP contribution is 2.36. The highest BCUT2D eigenvalue weighted by atomic mass is 127. The normalized spacial score (nSPS) is 24.8. The lowest BCUT2D eigenvalue weighted by Crippen LogP contribution is -2.08. The van der Waals surface area contributed by atoms with Gasteiger partial charge in [0, 0.05) is 0 Å². The summed E-state index contributed by atoms with van der Waals surface area (Å²) in [7, 11) is 0. The van der Waals surface area contributed by atoms with Crippen LogP contribution in [0.5, 0.6) is 0 Å². The summed E-state index contributed by atoms with van der Waals surface area (Å²) in [6, 6.07) is 4.73.